The number of aliphatic hydroxyl groups is 1. The van der Waals surface area contributed by atoms with E-state index in [4.69, 9.17) is 4.42 Å². The summed E-state index contributed by atoms with van der Waals surface area (Å²) in [6, 6.07) is 6.90. The predicted molar refractivity (Wildman–Crippen MR) is 95.4 cm³/mol. The van der Waals surface area contributed by atoms with Crippen LogP contribution in [0.1, 0.15) is 25.0 Å². The first-order chi connectivity index (χ1) is 12.3. The van der Waals surface area contributed by atoms with E-state index in [9.17, 15) is 5.11 Å². The zero-order valence-corrected chi connectivity index (χ0v) is 15.1. The Kier molecular flexibility index (Phi) is 5.36. The molecule has 7 heteroatoms. The molecule has 2 aromatic heterocycles. The topological polar surface area (TPSA) is 65.6 Å². The Balaban J connectivity index is 1.41. The van der Waals surface area contributed by atoms with E-state index >= 15 is 0 Å². The molecule has 0 saturated carbocycles. The molecule has 134 valence electrons. The minimum atomic E-state index is 0.240. The van der Waals surface area contributed by atoms with Crippen molar-refractivity contribution in [2.24, 2.45) is 0 Å². The number of hydrogen-bond acceptors (Lipinski definition) is 7. The first kappa shape index (κ1) is 17.0. The summed E-state index contributed by atoms with van der Waals surface area (Å²) in [5.74, 6) is 0.966. The summed E-state index contributed by atoms with van der Waals surface area (Å²) in [5, 5.41) is 10.9. The Bertz CT molecular complexity index is 681. The van der Waals surface area contributed by atoms with Crippen molar-refractivity contribution >= 4 is 11.8 Å². The summed E-state index contributed by atoms with van der Waals surface area (Å²) in [6.07, 6.45) is 6.87. The fraction of sp³-hybridized carbons (Fsp3) is 0.556. The minimum Gasteiger partial charge on any atom is -0.453 e. The molecule has 0 spiro atoms. The molecule has 0 radical (unpaired) electrons. The molecule has 2 atom stereocenters. The number of aromatic nitrogens is 2. The van der Waals surface area contributed by atoms with Gasteiger partial charge in [0.05, 0.1) is 6.54 Å². The molecule has 1 N–H and O–H groups in total. The van der Waals surface area contributed by atoms with Gasteiger partial charge in [-0.1, -0.05) is 0 Å². The first-order valence-electron chi connectivity index (χ1n) is 8.94. The molecule has 0 aromatic carbocycles. The molecule has 2 fully saturated rings. The van der Waals surface area contributed by atoms with Gasteiger partial charge >= 0.3 is 0 Å². The lowest BCUT2D eigenvalue weighted by atomic mass is 10.0. The summed E-state index contributed by atoms with van der Waals surface area (Å²) in [5.41, 5.74) is 0. The van der Waals surface area contributed by atoms with E-state index in [1.807, 2.05) is 18.2 Å². The molecule has 0 bridgehead atoms. The summed E-state index contributed by atoms with van der Waals surface area (Å²) in [4.78, 5) is 13.5. The smallest absolute Gasteiger partial charge is 0.195 e. The lowest BCUT2D eigenvalue weighted by Gasteiger charge is -2.43. The van der Waals surface area contributed by atoms with Crippen LogP contribution in [-0.2, 0) is 6.54 Å². The Morgan fingerprint density at radius 2 is 2.12 bits per heavy atom. The molecule has 2 aromatic rings. The fourth-order valence-corrected chi connectivity index (χ4v) is 4.58. The molecule has 2 aliphatic rings. The number of rotatable bonds is 6. The van der Waals surface area contributed by atoms with Crippen molar-refractivity contribution in [3.05, 3.63) is 36.4 Å². The third-order valence-electron chi connectivity index (χ3n) is 5.10. The number of aliphatic hydroxyl groups excluding tert-OH is 1. The minimum absolute atomic E-state index is 0.240. The quantitative estimate of drug-likeness (QED) is 0.793. The van der Waals surface area contributed by atoms with Crippen LogP contribution in [0, 0.1) is 0 Å². The highest BCUT2D eigenvalue weighted by atomic mass is 32.2. The van der Waals surface area contributed by atoms with Gasteiger partial charge in [0.1, 0.15) is 5.76 Å². The van der Waals surface area contributed by atoms with Crippen molar-refractivity contribution in [2.75, 3.05) is 26.2 Å². The maximum atomic E-state index is 9.43. The van der Waals surface area contributed by atoms with Gasteiger partial charge in [-0.3, -0.25) is 9.80 Å². The van der Waals surface area contributed by atoms with Gasteiger partial charge in [0, 0.05) is 44.2 Å². The van der Waals surface area contributed by atoms with Crippen LogP contribution in [0.5, 0.6) is 0 Å². The maximum absolute atomic E-state index is 9.43. The van der Waals surface area contributed by atoms with Crippen molar-refractivity contribution in [1.82, 2.24) is 19.8 Å². The van der Waals surface area contributed by atoms with Crippen LogP contribution >= 0.6 is 11.8 Å². The van der Waals surface area contributed by atoms with Crippen LogP contribution in [0.25, 0.3) is 0 Å². The molecule has 4 rings (SSSR count). The second-order valence-electron chi connectivity index (χ2n) is 6.74. The van der Waals surface area contributed by atoms with E-state index in [1.165, 1.54) is 31.1 Å². The zero-order valence-electron chi connectivity index (χ0n) is 14.3. The van der Waals surface area contributed by atoms with Gasteiger partial charge in [0.2, 0.25) is 0 Å². The molecule has 2 saturated heterocycles. The standard InChI is InChI=1S/C18H24N4O2S/c23-10-6-15-11-21-9-1-3-14(21)12-22(15)13-16-4-5-17(24-16)25-18-19-7-2-8-20-18/h2,4-5,7-8,14-15,23H,1,3,6,9-13H2/t14?,15-/m0/s1. The van der Waals surface area contributed by atoms with Crippen LogP contribution in [0.3, 0.4) is 0 Å². The van der Waals surface area contributed by atoms with Crippen LogP contribution in [0.15, 0.2) is 45.3 Å². The van der Waals surface area contributed by atoms with Crippen molar-refractivity contribution in [1.29, 1.82) is 0 Å². The average Bonchev–Trinajstić information content (AvgIpc) is 3.25. The lowest BCUT2D eigenvalue weighted by molar-refractivity contribution is 0.0287. The maximum Gasteiger partial charge on any atom is 0.195 e. The van der Waals surface area contributed by atoms with Crippen LogP contribution in [-0.4, -0.2) is 63.2 Å². The largest absolute Gasteiger partial charge is 0.453 e. The van der Waals surface area contributed by atoms with Crippen molar-refractivity contribution in [3.8, 4) is 0 Å². The molecular weight excluding hydrogens is 336 g/mol. The van der Waals surface area contributed by atoms with E-state index in [-0.39, 0.29) is 6.61 Å². The monoisotopic (exact) mass is 360 g/mol. The molecule has 1 unspecified atom stereocenters. The van der Waals surface area contributed by atoms with Crippen molar-refractivity contribution in [2.45, 2.75) is 48.1 Å². The number of nitrogens with zero attached hydrogens (tertiary/aromatic N) is 4. The van der Waals surface area contributed by atoms with E-state index in [1.54, 1.807) is 12.4 Å². The van der Waals surface area contributed by atoms with Gasteiger partial charge in [0.15, 0.2) is 10.2 Å². The normalized spacial score (nSPS) is 24.5. The van der Waals surface area contributed by atoms with Gasteiger partial charge in [-0.15, -0.1) is 0 Å². The van der Waals surface area contributed by atoms with Gasteiger partial charge in [0.25, 0.3) is 0 Å². The number of furan rings is 1. The van der Waals surface area contributed by atoms with E-state index in [0.29, 0.717) is 17.2 Å². The molecule has 25 heavy (non-hydrogen) atoms. The van der Waals surface area contributed by atoms with Crippen molar-refractivity contribution in [3.63, 3.8) is 0 Å². The highest BCUT2D eigenvalue weighted by Gasteiger charge is 2.36. The summed E-state index contributed by atoms with van der Waals surface area (Å²) >= 11 is 1.44. The molecular formula is C18H24N4O2S. The van der Waals surface area contributed by atoms with E-state index in [0.717, 1.165) is 36.9 Å². The number of fused-ring (bicyclic) bond motifs is 1. The van der Waals surface area contributed by atoms with Crippen molar-refractivity contribution < 1.29 is 9.52 Å². The number of piperazine rings is 1. The highest BCUT2D eigenvalue weighted by molar-refractivity contribution is 7.99. The van der Waals surface area contributed by atoms with Gasteiger partial charge < -0.3 is 9.52 Å². The second-order valence-corrected chi connectivity index (χ2v) is 7.71. The predicted octanol–water partition coefficient (Wildman–Crippen LogP) is 2.25. The Morgan fingerprint density at radius 1 is 1.24 bits per heavy atom. The fourth-order valence-electron chi connectivity index (χ4n) is 3.89. The molecule has 4 heterocycles. The SMILES string of the molecule is OCC[C@H]1CN2CCCC2CN1Cc1ccc(Sc2ncccn2)o1. The summed E-state index contributed by atoms with van der Waals surface area (Å²) < 4.78 is 5.99. The molecule has 6 nitrogen and oxygen atoms in total. The highest BCUT2D eigenvalue weighted by Crippen LogP contribution is 2.30. The van der Waals surface area contributed by atoms with Gasteiger partial charge in [-0.05, 0) is 55.8 Å². The third-order valence-corrected chi connectivity index (χ3v) is 5.91. The summed E-state index contributed by atoms with van der Waals surface area (Å²) in [7, 11) is 0. The Hall–Kier alpha value is -1.41. The third kappa shape index (κ3) is 4.06. The van der Waals surface area contributed by atoms with Gasteiger partial charge in [-0.2, -0.15) is 0 Å². The lowest BCUT2D eigenvalue weighted by Crippen LogP contribution is -2.55. The van der Waals surface area contributed by atoms with E-state index < -0.39 is 0 Å². The first-order valence-corrected chi connectivity index (χ1v) is 9.76. The Labute approximate surface area is 152 Å². The van der Waals surface area contributed by atoms with Crippen LogP contribution < -0.4 is 0 Å². The molecule has 0 amide bonds. The molecule has 2 aliphatic heterocycles. The second kappa shape index (κ2) is 7.86. The average molecular weight is 360 g/mol. The van der Waals surface area contributed by atoms with E-state index in [2.05, 4.69) is 19.8 Å². The Morgan fingerprint density at radius 3 is 2.96 bits per heavy atom. The number of hydrogen-bond donors (Lipinski definition) is 1. The van der Waals surface area contributed by atoms with Gasteiger partial charge in [-0.25, -0.2) is 9.97 Å². The molecule has 0 aliphatic carbocycles. The summed E-state index contributed by atoms with van der Waals surface area (Å²) in [6.45, 7) is 4.37. The van der Waals surface area contributed by atoms with Crippen LogP contribution in [0.4, 0.5) is 0 Å². The van der Waals surface area contributed by atoms with Crippen LogP contribution in [0.2, 0.25) is 0 Å². The zero-order chi connectivity index (χ0) is 17.1.